The minimum absolute atomic E-state index is 0.0750. The Bertz CT molecular complexity index is 232. The minimum Gasteiger partial charge on any atom is -0.495 e. The number of hydrogen-bond donors (Lipinski definition) is 2. The zero-order chi connectivity index (χ0) is 11.5. The fourth-order valence-electron chi connectivity index (χ4n) is 0.930. The molecule has 0 bridgehead atoms. The molecule has 0 atom stereocenters. The van der Waals surface area contributed by atoms with Crippen molar-refractivity contribution < 1.29 is 9.84 Å². The highest BCUT2D eigenvalue weighted by atomic mass is 16.5. The van der Waals surface area contributed by atoms with Crippen LogP contribution >= 0.6 is 0 Å². The van der Waals surface area contributed by atoms with E-state index >= 15 is 0 Å². The van der Waals surface area contributed by atoms with Gasteiger partial charge >= 0.3 is 0 Å². The van der Waals surface area contributed by atoms with Crippen molar-refractivity contribution in [3.63, 3.8) is 0 Å². The second-order valence-corrected chi connectivity index (χ2v) is 3.07. The summed E-state index contributed by atoms with van der Waals surface area (Å²) in [7, 11) is 1.82. The van der Waals surface area contributed by atoms with Crippen LogP contribution in [0.5, 0.6) is 0 Å². The third-order valence-electron chi connectivity index (χ3n) is 1.90. The topological polar surface area (TPSA) is 41.5 Å². The van der Waals surface area contributed by atoms with Gasteiger partial charge in [0.2, 0.25) is 0 Å². The number of aliphatic hydroxyl groups is 1. The molecule has 0 aromatic carbocycles. The van der Waals surface area contributed by atoms with Gasteiger partial charge in [0.05, 0.1) is 6.61 Å². The molecule has 0 aromatic rings. The van der Waals surface area contributed by atoms with E-state index in [9.17, 15) is 0 Å². The van der Waals surface area contributed by atoms with Gasteiger partial charge in [0.15, 0.2) is 0 Å². The van der Waals surface area contributed by atoms with Crippen LogP contribution < -0.4 is 5.32 Å². The Kier molecular flexibility index (Phi) is 8.58. The molecule has 0 saturated carbocycles. The average Bonchev–Trinajstić information content (AvgIpc) is 2.28. The highest BCUT2D eigenvalue weighted by Crippen LogP contribution is 2.01. The zero-order valence-electron chi connectivity index (χ0n) is 9.62. The van der Waals surface area contributed by atoms with Crippen LogP contribution in [0.1, 0.15) is 19.8 Å². The summed E-state index contributed by atoms with van der Waals surface area (Å²) in [4.78, 5) is 0. The molecule has 3 nitrogen and oxygen atoms in total. The Balaban J connectivity index is 4.19. The van der Waals surface area contributed by atoms with E-state index in [2.05, 4.69) is 18.8 Å². The highest BCUT2D eigenvalue weighted by Gasteiger charge is 1.94. The molecule has 86 valence electrons. The van der Waals surface area contributed by atoms with Crippen LogP contribution in [-0.2, 0) is 4.74 Å². The lowest BCUT2D eigenvalue weighted by Gasteiger charge is -2.06. The summed E-state index contributed by atoms with van der Waals surface area (Å²) < 4.78 is 5.38. The van der Waals surface area contributed by atoms with Crippen molar-refractivity contribution in [2.75, 3.05) is 20.3 Å². The van der Waals surface area contributed by atoms with E-state index in [0.717, 1.165) is 18.5 Å². The normalized spacial score (nSPS) is 12.5. The molecule has 0 aromatic heterocycles. The van der Waals surface area contributed by atoms with E-state index < -0.39 is 0 Å². The van der Waals surface area contributed by atoms with Gasteiger partial charge in [-0.1, -0.05) is 19.9 Å². The maximum Gasteiger partial charge on any atom is 0.121 e. The van der Waals surface area contributed by atoms with Crippen molar-refractivity contribution in [3.8, 4) is 0 Å². The van der Waals surface area contributed by atoms with Gasteiger partial charge in [0.1, 0.15) is 12.4 Å². The van der Waals surface area contributed by atoms with Crippen LogP contribution in [0.3, 0.4) is 0 Å². The predicted molar refractivity (Wildman–Crippen MR) is 63.4 cm³/mol. The van der Waals surface area contributed by atoms with Crippen molar-refractivity contribution in [1.82, 2.24) is 5.32 Å². The molecule has 3 heteroatoms. The molecule has 0 aliphatic carbocycles. The van der Waals surface area contributed by atoms with Crippen molar-refractivity contribution in [1.29, 1.82) is 0 Å². The Labute approximate surface area is 92.1 Å². The lowest BCUT2D eigenvalue weighted by atomic mass is 10.3. The molecule has 0 heterocycles. The largest absolute Gasteiger partial charge is 0.495 e. The molecule has 0 rings (SSSR count). The molecule has 0 spiro atoms. The zero-order valence-corrected chi connectivity index (χ0v) is 9.62. The van der Waals surface area contributed by atoms with Gasteiger partial charge in [0.25, 0.3) is 0 Å². The molecule has 0 unspecified atom stereocenters. The fourth-order valence-corrected chi connectivity index (χ4v) is 0.930. The summed E-state index contributed by atoms with van der Waals surface area (Å²) in [6, 6.07) is 0. The van der Waals surface area contributed by atoms with Gasteiger partial charge in [-0.15, -0.1) is 0 Å². The molecule has 0 fully saturated rings. The lowest BCUT2D eigenvalue weighted by Crippen LogP contribution is -2.03. The first-order chi connectivity index (χ1) is 7.28. The van der Waals surface area contributed by atoms with Crippen LogP contribution in [0.2, 0.25) is 0 Å². The average molecular weight is 211 g/mol. The molecule has 0 amide bonds. The number of nitrogens with one attached hydrogen (secondary N) is 1. The molecule has 2 N–H and O–H groups in total. The first-order valence-electron chi connectivity index (χ1n) is 5.23. The smallest absolute Gasteiger partial charge is 0.121 e. The number of aliphatic hydroxyl groups excluding tert-OH is 1. The van der Waals surface area contributed by atoms with E-state index in [-0.39, 0.29) is 6.61 Å². The number of hydrogen-bond acceptors (Lipinski definition) is 3. The summed E-state index contributed by atoms with van der Waals surface area (Å²) in [6.45, 7) is 6.32. The highest BCUT2D eigenvalue weighted by molar-refractivity contribution is 5.21. The predicted octanol–water partition coefficient (Wildman–Crippen LogP) is 1.97. The minimum atomic E-state index is -0.0750. The SMILES string of the molecule is C=C/C(=C\C=C(/CO)OCCCC)NC. The van der Waals surface area contributed by atoms with Crippen LogP contribution in [0.15, 0.2) is 36.3 Å². The van der Waals surface area contributed by atoms with Gasteiger partial charge in [-0.3, -0.25) is 0 Å². The summed E-state index contributed by atoms with van der Waals surface area (Å²) in [5.74, 6) is 0.582. The molecule has 0 radical (unpaired) electrons. The van der Waals surface area contributed by atoms with E-state index in [4.69, 9.17) is 9.84 Å². The second-order valence-electron chi connectivity index (χ2n) is 3.07. The fraction of sp³-hybridized carbons (Fsp3) is 0.500. The van der Waals surface area contributed by atoms with Crippen LogP contribution in [0, 0.1) is 0 Å². The van der Waals surface area contributed by atoms with Gasteiger partial charge < -0.3 is 15.2 Å². The maximum atomic E-state index is 9.01. The van der Waals surface area contributed by atoms with Crippen LogP contribution in [-0.4, -0.2) is 25.4 Å². The molecular formula is C12H21NO2. The molecule has 0 aliphatic rings. The third kappa shape index (κ3) is 6.80. The molecular weight excluding hydrogens is 190 g/mol. The van der Waals surface area contributed by atoms with Crippen LogP contribution in [0.4, 0.5) is 0 Å². The van der Waals surface area contributed by atoms with E-state index in [1.54, 1.807) is 12.2 Å². The van der Waals surface area contributed by atoms with Crippen molar-refractivity contribution in [3.05, 3.63) is 36.3 Å². The first-order valence-corrected chi connectivity index (χ1v) is 5.23. The Morgan fingerprint density at radius 1 is 1.47 bits per heavy atom. The van der Waals surface area contributed by atoms with Crippen molar-refractivity contribution in [2.45, 2.75) is 19.8 Å². The first kappa shape index (κ1) is 13.8. The summed E-state index contributed by atoms with van der Waals surface area (Å²) in [5, 5.41) is 12.0. The van der Waals surface area contributed by atoms with Crippen molar-refractivity contribution in [2.24, 2.45) is 0 Å². The summed E-state index contributed by atoms with van der Waals surface area (Å²) in [5.41, 5.74) is 0.889. The summed E-state index contributed by atoms with van der Waals surface area (Å²) in [6.07, 6.45) is 7.37. The number of unbranched alkanes of at least 4 members (excludes halogenated alkanes) is 1. The number of allylic oxidation sites excluding steroid dienone is 3. The number of likely N-dealkylation sites (N-methyl/N-ethyl adjacent to an activating group) is 1. The standard InChI is InChI=1S/C12H21NO2/c1-4-6-9-15-12(10-14)8-7-11(5-2)13-3/h5,7-8,13-14H,2,4,6,9-10H2,1,3H3/b11-7+,12-8+. The molecule has 0 aliphatic heterocycles. The van der Waals surface area contributed by atoms with E-state index in [1.165, 1.54) is 0 Å². The van der Waals surface area contributed by atoms with E-state index in [1.807, 2.05) is 13.1 Å². The van der Waals surface area contributed by atoms with E-state index in [0.29, 0.717) is 12.4 Å². The van der Waals surface area contributed by atoms with Gasteiger partial charge in [-0.25, -0.2) is 0 Å². The molecule has 0 saturated heterocycles. The molecule has 15 heavy (non-hydrogen) atoms. The van der Waals surface area contributed by atoms with Crippen molar-refractivity contribution >= 4 is 0 Å². The Morgan fingerprint density at radius 2 is 2.20 bits per heavy atom. The van der Waals surface area contributed by atoms with Gasteiger partial charge in [-0.2, -0.15) is 0 Å². The Morgan fingerprint density at radius 3 is 2.67 bits per heavy atom. The third-order valence-corrected chi connectivity index (χ3v) is 1.90. The van der Waals surface area contributed by atoms with Crippen LogP contribution in [0.25, 0.3) is 0 Å². The second kappa shape index (κ2) is 9.34. The quantitative estimate of drug-likeness (QED) is 0.366. The Hall–Kier alpha value is -1.22. The monoisotopic (exact) mass is 211 g/mol. The number of ether oxygens (including phenoxy) is 1. The number of rotatable bonds is 8. The maximum absolute atomic E-state index is 9.01. The summed E-state index contributed by atoms with van der Waals surface area (Å²) >= 11 is 0. The van der Waals surface area contributed by atoms with Gasteiger partial charge in [-0.05, 0) is 24.6 Å². The lowest BCUT2D eigenvalue weighted by molar-refractivity contribution is 0.158. The van der Waals surface area contributed by atoms with Gasteiger partial charge in [0, 0.05) is 12.7 Å².